The quantitative estimate of drug-likeness (QED) is 0.498. The second-order valence-corrected chi connectivity index (χ2v) is 10.7. The molecule has 0 saturated heterocycles. The lowest BCUT2D eigenvalue weighted by Crippen LogP contribution is -2.47. The van der Waals surface area contributed by atoms with Crippen molar-refractivity contribution in [3.63, 3.8) is 0 Å². The lowest BCUT2D eigenvalue weighted by Gasteiger charge is -2.37. The third-order valence-corrected chi connectivity index (χ3v) is 5.37. The molecule has 0 aliphatic heterocycles. The molecule has 0 heterocycles. The zero-order valence-corrected chi connectivity index (χ0v) is 19.1. The van der Waals surface area contributed by atoms with Crippen LogP contribution in [-0.4, -0.2) is 48.6 Å². The van der Waals surface area contributed by atoms with E-state index in [1.807, 2.05) is 41.5 Å². The van der Waals surface area contributed by atoms with E-state index < -0.39 is 11.2 Å². The van der Waals surface area contributed by atoms with Gasteiger partial charge in [0.15, 0.2) is 0 Å². The summed E-state index contributed by atoms with van der Waals surface area (Å²) in [7, 11) is 0. The molecule has 29 heavy (non-hydrogen) atoms. The minimum absolute atomic E-state index is 0. The van der Waals surface area contributed by atoms with Crippen molar-refractivity contribution in [1.82, 2.24) is 16.0 Å². The zero-order chi connectivity index (χ0) is 21.7. The van der Waals surface area contributed by atoms with E-state index in [4.69, 9.17) is 9.47 Å². The van der Waals surface area contributed by atoms with Crippen molar-refractivity contribution in [3.05, 3.63) is 0 Å². The number of amides is 2. The highest BCUT2D eigenvalue weighted by atomic mass is 16.6. The summed E-state index contributed by atoms with van der Waals surface area (Å²) in [6.07, 6.45) is 5.87. The van der Waals surface area contributed by atoms with Crippen molar-refractivity contribution in [3.8, 4) is 0 Å². The number of ether oxygens (including phenoxy) is 2. The molecule has 2 rings (SSSR count). The van der Waals surface area contributed by atoms with Crippen LogP contribution in [0, 0.1) is 11.8 Å². The number of carbonyl (C=O) groups is 2. The van der Waals surface area contributed by atoms with Crippen LogP contribution in [0.5, 0.6) is 0 Å². The Morgan fingerprint density at radius 1 is 0.759 bits per heavy atom. The predicted molar refractivity (Wildman–Crippen MR) is 120 cm³/mol. The number of carbonyl (C=O) groups excluding carboxylic acids is 2. The monoisotopic (exact) mass is 417 g/mol. The lowest BCUT2D eigenvalue weighted by molar-refractivity contribution is 0.0440. The highest BCUT2D eigenvalue weighted by molar-refractivity contribution is 5.68. The van der Waals surface area contributed by atoms with E-state index in [-0.39, 0.29) is 28.6 Å². The Balaban J connectivity index is 0. The summed E-state index contributed by atoms with van der Waals surface area (Å²) in [5.74, 6) is 1.38. The van der Waals surface area contributed by atoms with Gasteiger partial charge in [0.1, 0.15) is 11.2 Å². The average Bonchev–Trinajstić information content (AvgIpc) is 2.44. The van der Waals surface area contributed by atoms with E-state index in [2.05, 4.69) is 16.0 Å². The maximum atomic E-state index is 11.7. The number of hydrogen-bond acceptors (Lipinski definition) is 5. The largest absolute Gasteiger partial charge is 0.444 e. The van der Waals surface area contributed by atoms with Gasteiger partial charge in [0.2, 0.25) is 0 Å². The normalized spacial score (nSPS) is 26.7. The topological polar surface area (TPSA) is 88.7 Å². The molecule has 2 aliphatic rings. The maximum Gasteiger partial charge on any atom is 0.407 e. The molecule has 0 unspecified atom stereocenters. The van der Waals surface area contributed by atoms with Gasteiger partial charge in [-0.2, -0.15) is 0 Å². The lowest BCUT2D eigenvalue weighted by atomic mass is 9.78. The molecule has 0 aromatic carbocycles. The van der Waals surface area contributed by atoms with Crippen LogP contribution in [0.25, 0.3) is 0 Å². The Morgan fingerprint density at radius 2 is 1.10 bits per heavy atom. The van der Waals surface area contributed by atoms with Crippen LogP contribution in [0.4, 0.5) is 9.59 Å². The summed E-state index contributed by atoms with van der Waals surface area (Å²) in [6, 6.07) is 0.526. The molecule has 0 radical (unpaired) electrons. The van der Waals surface area contributed by atoms with Crippen LogP contribution >= 0.6 is 0 Å². The summed E-state index contributed by atoms with van der Waals surface area (Å²) in [5.41, 5.74) is -0.882. The molecule has 174 valence electrons. The first-order valence-electron chi connectivity index (χ1n) is 11.1. The fraction of sp³-hybridized carbons (Fsp3) is 0.909. The molecular weight excluding hydrogens is 370 g/mol. The summed E-state index contributed by atoms with van der Waals surface area (Å²) < 4.78 is 10.6. The van der Waals surface area contributed by atoms with Gasteiger partial charge in [0, 0.05) is 16.4 Å². The summed E-state index contributed by atoms with van der Waals surface area (Å²) >= 11 is 0. The highest BCUT2D eigenvalue weighted by Gasteiger charge is 2.32. The summed E-state index contributed by atoms with van der Waals surface area (Å²) in [4.78, 5) is 23.5. The van der Waals surface area contributed by atoms with Gasteiger partial charge in [0.25, 0.3) is 0 Å². The van der Waals surface area contributed by atoms with Gasteiger partial charge < -0.3 is 25.4 Å². The third kappa shape index (κ3) is 9.70. The molecule has 0 atom stereocenters. The Labute approximate surface area is 180 Å². The van der Waals surface area contributed by atoms with Gasteiger partial charge in [-0.25, -0.2) is 9.59 Å². The molecule has 3 N–H and O–H groups in total. The molecule has 2 amide bonds. The zero-order valence-electron chi connectivity index (χ0n) is 19.1. The first kappa shape index (κ1) is 23.8. The average molecular weight is 418 g/mol. The molecule has 0 aromatic heterocycles. The highest BCUT2D eigenvalue weighted by Crippen LogP contribution is 2.31. The van der Waals surface area contributed by atoms with Crippen molar-refractivity contribution in [2.75, 3.05) is 13.1 Å². The fourth-order valence-corrected chi connectivity index (χ4v) is 3.86. The van der Waals surface area contributed by atoms with Crippen LogP contribution in [0.1, 0.15) is 84.3 Å². The fourth-order valence-electron chi connectivity index (χ4n) is 3.86. The maximum absolute atomic E-state index is 11.7. The molecule has 2 aliphatic carbocycles. The van der Waals surface area contributed by atoms with Crippen molar-refractivity contribution in [1.29, 1.82) is 0 Å². The van der Waals surface area contributed by atoms with Crippen molar-refractivity contribution in [2.24, 2.45) is 11.8 Å². The number of nitrogens with one attached hydrogen (secondary N) is 3. The van der Waals surface area contributed by atoms with E-state index in [9.17, 15) is 9.59 Å². The molecule has 0 bridgehead atoms. The van der Waals surface area contributed by atoms with E-state index in [1.165, 1.54) is 0 Å². The van der Waals surface area contributed by atoms with Crippen molar-refractivity contribution >= 4 is 12.2 Å². The smallest absolute Gasteiger partial charge is 0.407 e. The van der Waals surface area contributed by atoms with Gasteiger partial charge in [-0.15, -0.1) is 0 Å². The molecule has 7 heteroatoms. The molecule has 0 spiro atoms. The molecule has 2 saturated carbocycles. The molecular formula is C22H47N3O4. The second-order valence-electron chi connectivity index (χ2n) is 10.7. The summed E-state index contributed by atoms with van der Waals surface area (Å²) in [6.45, 7) is 13.3. The Hall–Kier alpha value is -1.50. The van der Waals surface area contributed by atoms with Gasteiger partial charge >= 0.3 is 12.2 Å². The Morgan fingerprint density at radius 3 is 1.41 bits per heavy atom. The number of alkyl carbamates (subject to hydrolysis) is 2. The van der Waals surface area contributed by atoms with Gasteiger partial charge in [0.05, 0.1) is 0 Å². The molecule has 7 nitrogen and oxygen atoms in total. The number of hydrogen-bond donors (Lipinski definition) is 3. The van der Waals surface area contributed by atoms with E-state index >= 15 is 0 Å². The Kier molecular flexibility index (Phi) is 8.20. The first-order chi connectivity index (χ1) is 13.4. The van der Waals surface area contributed by atoms with Gasteiger partial charge in [-0.1, -0.05) is 0 Å². The number of rotatable bonds is 8. The minimum Gasteiger partial charge on any atom is -0.444 e. The van der Waals surface area contributed by atoms with Crippen LogP contribution in [0.15, 0.2) is 0 Å². The van der Waals surface area contributed by atoms with E-state index in [0.29, 0.717) is 11.8 Å². The second kappa shape index (κ2) is 10.0. The molecule has 2 fully saturated rings. The van der Waals surface area contributed by atoms with E-state index in [1.54, 1.807) is 0 Å². The first-order valence-corrected chi connectivity index (χ1v) is 11.1. The van der Waals surface area contributed by atoms with Crippen LogP contribution < -0.4 is 16.0 Å². The van der Waals surface area contributed by atoms with E-state index in [0.717, 1.165) is 51.6 Å². The van der Waals surface area contributed by atoms with Crippen LogP contribution in [-0.2, 0) is 9.47 Å². The predicted octanol–water partition coefficient (Wildman–Crippen LogP) is 4.70. The Bertz CT molecular complexity index is 508. The van der Waals surface area contributed by atoms with Crippen LogP contribution in [0.3, 0.4) is 0 Å². The third-order valence-electron chi connectivity index (χ3n) is 5.37. The minimum atomic E-state index is -0.441. The summed E-state index contributed by atoms with van der Waals surface area (Å²) in [5, 5.41) is 9.42. The van der Waals surface area contributed by atoms with Gasteiger partial charge in [-0.05, 0) is 105 Å². The van der Waals surface area contributed by atoms with Crippen molar-refractivity contribution in [2.45, 2.75) is 103 Å². The van der Waals surface area contributed by atoms with Crippen molar-refractivity contribution < 1.29 is 23.3 Å². The van der Waals surface area contributed by atoms with Crippen LogP contribution in [0.2, 0.25) is 0 Å². The van der Waals surface area contributed by atoms with Gasteiger partial charge in [-0.3, -0.25) is 0 Å². The SMILES string of the molecule is CC(C)(C)OC(=O)NC1CC(CCNCCC2CC(NC(=O)OC(C)(C)C)C2)C1.[HH].[HH].[HH]. The molecule has 0 aromatic rings. The standard InChI is InChI=1S/C22H41N3O4.3H2/c1-21(2,3)28-19(26)24-17-11-15(12-17)7-9-23-10-8-16-13-18(14-16)25-20(27)29-22(4,5)6;;;/h15-18,23H,7-14H2,1-6H3,(H,24,26)(H,25,27);3*1H.